The van der Waals surface area contributed by atoms with Gasteiger partial charge in [-0.15, -0.1) is 0 Å². The van der Waals surface area contributed by atoms with Gasteiger partial charge in [-0.1, -0.05) is 28.8 Å². The van der Waals surface area contributed by atoms with Crippen LogP contribution in [0.15, 0.2) is 22.7 Å². The minimum Gasteiger partial charge on any atom is -0.329 e. The Hall–Kier alpha value is -0.870. The number of halogens is 1. The summed E-state index contributed by atoms with van der Waals surface area (Å²) < 4.78 is 3.43. The highest BCUT2D eigenvalue weighted by Gasteiger charge is 2.38. The molecule has 0 spiro atoms. The predicted molar refractivity (Wildman–Crippen MR) is 82.3 cm³/mol. The van der Waals surface area contributed by atoms with E-state index in [1.807, 2.05) is 0 Å². The highest BCUT2D eigenvalue weighted by molar-refractivity contribution is 9.10. The van der Waals surface area contributed by atoms with Crippen LogP contribution in [0.4, 0.5) is 0 Å². The zero-order valence-corrected chi connectivity index (χ0v) is 12.9. The third kappa shape index (κ3) is 2.01. The molecule has 1 heterocycles. The molecule has 1 aromatic heterocycles. The second-order valence-corrected chi connectivity index (χ2v) is 6.42. The molecule has 1 aliphatic rings. The van der Waals surface area contributed by atoms with Crippen molar-refractivity contribution in [3.63, 3.8) is 0 Å². The smallest absolute Gasteiger partial charge is 0.117 e. The van der Waals surface area contributed by atoms with Crippen LogP contribution in [0.3, 0.4) is 0 Å². The molecule has 0 atom stereocenters. The van der Waals surface area contributed by atoms with Crippen molar-refractivity contribution in [2.75, 3.05) is 6.54 Å². The number of benzene rings is 1. The normalized spacial score (nSPS) is 18.3. The first-order valence-electron chi connectivity index (χ1n) is 7.06. The molecule has 3 nitrogen and oxygen atoms in total. The molecular formula is C15H20BrN3. The molecule has 0 amide bonds. The standard InChI is InChI=1S/C15H20BrN3/c1-2-19-13-6-5-11(16)9-12(13)18-14(19)15(10-17)7-3-4-8-15/h5-6,9H,2-4,7-8,10,17H2,1H3. The van der Waals surface area contributed by atoms with Crippen LogP contribution in [-0.4, -0.2) is 16.1 Å². The molecule has 0 unspecified atom stereocenters. The molecule has 3 rings (SSSR count). The molecule has 1 aliphatic carbocycles. The monoisotopic (exact) mass is 321 g/mol. The summed E-state index contributed by atoms with van der Waals surface area (Å²) in [6.45, 7) is 3.85. The maximum Gasteiger partial charge on any atom is 0.117 e. The fourth-order valence-corrected chi connectivity index (χ4v) is 3.75. The lowest BCUT2D eigenvalue weighted by atomic mass is 9.85. The summed E-state index contributed by atoms with van der Waals surface area (Å²) in [7, 11) is 0. The lowest BCUT2D eigenvalue weighted by molar-refractivity contribution is 0.407. The lowest BCUT2D eigenvalue weighted by Crippen LogP contribution is -2.35. The van der Waals surface area contributed by atoms with Gasteiger partial charge in [-0.05, 0) is 38.0 Å². The topological polar surface area (TPSA) is 43.8 Å². The number of aromatic nitrogens is 2. The number of aryl methyl sites for hydroxylation is 1. The van der Waals surface area contributed by atoms with E-state index < -0.39 is 0 Å². The molecule has 0 saturated heterocycles. The molecule has 0 aliphatic heterocycles. The van der Waals surface area contributed by atoms with E-state index in [-0.39, 0.29) is 5.41 Å². The summed E-state index contributed by atoms with van der Waals surface area (Å²) in [6.07, 6.45) is 4.89. The lowest BCUT2D eigenvalue weighted by Gasteiger charge is -2.27. The van der Waals surface area contributed by atoms with E-state index in [1.54, 1.807) is 0 Å². The fraction of sp³-hybridized carbons (Fsp3) is 0.533. The van der Waals surface area contributed by atoms with Gasteiger partial charge in [-0.3, -0.25) is 0 Å². The molecule has 2 aromatic rings. The predicted octanol–water partition coefficient (Wildman–Crippen LogP) is 3.59. The van der Waals surface area contributed by atoms with Crippen LogP contribution < -0.4 is 5.73 Å². The van der Waals surface area contributed by atoms with Gasteiger partial charge in [0.25, 0.3) is 0 Å². The van der Waals surface area contributed by atoms with Crippen LogP contribution in [-0.2, 0) is 12.0 Å². The summed E-state index contributed by atoms with van der Waals surface area (Å²) in [4.78, 5) is 4.92. The Balaban J connectivity index is 2.22. The third-order valence-corrected chi connectivity index (χ3v) is 4.95. The van der Waals surface area contributed by atoms with Crippen molar-refractivity contribution in [1.82, 2.24) is 9.55 Å². The second-order valence-electron chi connectivity index (χ2n) is 5.50. The molecule has 0 bridgehead atoms. The van der Waals surface area contributed by atoms with Crippen molar-refractivity contribution in [1.29, 1.82) is 0 Å². The van der Waals surface area contributed by atoms with E-state index in [0.717, 1.165) is 16.5 Å². The molecule has 1 aromatic carbocycles. The summed E-state index contributed by atoms with van der Waals surface area (Å²) in [5, 5.41) is 0. The zero-order valence-electron chi connectivity index (χ0n) is 11.3. The first kappa shape index (κ1) is 13.1. The van der Waals surface area contributed by atoms with Gasteiger partial charge in [0.2, 0.25) is 0 Å². The molecule has 19 heavy (non-hydrogen) atoms. The number of hydrogen-bond acceptors (Lipinski definition) is 2. The molecule has 1 saturated carbocycles. The highest BCUT2D eigenvalue weighted by Crippen LogP contribution is 2.41. The zero-order chi connectivity index (χ0) is 13.5. The van der Waals surface area contributed by atoms with Crippen LogP contribution in [0.2, 0.25) is 0 Å². The van der Waals surface area contributed by atoms with E-state index in [4.69, 9.17) is 10.7 Å². The van der Waals surface area contributed by atoms with E-state index >= 15 is 0 Å². The van der Waals surface area contributed by atoms with E-state index in [2.05, 4.69) is 45.6 Å². The molecule has 102 valence electrons. The van der Waals surface area contributed by atoms with Gasteiger partial charge >= 0.3 is 0 Å². The SMILES string of the molecule is CCn1c(C2(CN)CCCC2)nc2cc(Br)ccc21. The molecule has 0 radical (unpaired) electrons. The Bertz CT molecular complexity index is 597. The number of nitrogens with zero attached hydrogens (tertiary/aromatic N) is 2. The van der Waals surface area contributed by atoms with Gasteiger partial charge in [-0.2, -0.15) is 0 Å². The summed E-state index contributed by atoms with van der Waals surface area (Å²) >= 11 is 3.53. The summed E-state index contributed by atoms with van der Waals surface area (Å²) in [5.41, 5.74) is 8.51. The van der Waals surface area contributed by atoms with Gasteiger partial charge in [0.15, 0.2) is 0 Å². The van der Waals surface area contributed by atoms with Crippen molar-refractivity contribution < 1.29 is 0 Å². The van der Waals surface area contributed by atoms with E-state index in [9.17, 15) is 0 Å². The number of imidazole rings is 1. The maximum absolute atomic E-state index is 6.11. The molecule has 4 heteroatoms. The van der Waals surface area contributed by atoms with E-state index in [1.165, 1.54) is 37.0 Å². The van der Waals surface area contributed by atoms with Crippen LogP contribution in [0.5, 0.6) is 0 Å². The Morgan fingerprint density at radius 3 is 2.74 bits per heavy atom. The average molecular weight is 322 g/mol. The van der Waals surface area contributed by atoms with Crippen molar-refractivity contribution >= 4 is 27.0 Å². The van der Waals surface area contributed by atoms with Crippen LogP contribution >= 0.6 is 15.9 Å². The first-order chi connectivity index (χ1) is 9.20. The second kappa shape index (κ2) is 4.91. The van der Waals surface area contributed by atoms with Crippen molar-refractivity contribution in [3.05, 3.63) is 28.5 Å². The fourth-order valence-electron chi connectivity index (χ4n) is 3.40. The number of rotatable bonds is 3. The van der Waals surface area contributed by atoms with Crippen LogP contribution in [0.1, 0.15) is 38.4 Å². The van der Waals surface area contributed by atoms with E-state index in [0.29, 0.717) is 6.54 Å². The summed E-state index contributed by atoms with van der Waals surface area (Å²) in [5.74, 6) is 1.20. The quantitative estimate of drug-likeness (QED) is 0.938. The van der Waals surface area contributed by atoms with Gasteiger partial charge in [0.1, 0.15) is 5.82 Å². The Morgan fingerprint density at radius 2 is 2.11 bits per heavy atom. The van der Waals surface area contributed by atoms with Crippen molar-refractivity contribution in [3.8, 4) is 0 Å². The van der Waals surface area contributed by atoms with Crippen molar-refractivity contribution in [2.24, 2.45) is 5.73 Å². The largest absolute Gasteiger partial charge is 0.329 e. The average Bonchev–Trinajstić information content (AvgIpc) is 3.02. The third-order valence-electron chi connectivity index (χ3n) is 4.45. The summed E-state index contributed by atoms with van der Waals surface area (Å²) in [6, 6.07) is 6.34. The Morgan fingerprint density at radius 1 is 1.37 bits per heavy atom. The Kier molecular flexibility index (Phi) is 3.39. The first-order valence-corrected chi connectivity index (χ1v) is 7.86. The number of hydrogen-bond donors (Lipinski definition) is 1. The number of fused-ring (bicyclic) bond motifs is 1. The minimum atomic E-state index is 0.0987. The van der Waals surface area contributed by atoms with Gasteiger partial charge in [-0.25, -0.2) is 4.98 Å². The van der Waals surface area contributed by atoms with Gasteiger partial charge < -0.3 is 10.3 Å². The van der Waals surface area contributed by atoms with Crippen LogP contribution in [0.25, 0.3) is 11.0 Å². The van der Waals surface area contributed by atoms with Gasteiger partial charge in [0, 0.05) is 23.0 Å². The highest BCUT2D eigenvalue weighted by atomic mass is 79.9. The maximum atomic E-state index is 6.11. The van der Waals surface area contributed by atoms with Gasteiger partial charge in [0.05, 0.1) is 11.0 Å². The molecular weight excluding hydrogens is 302 g/mol. The molecule has 1 fully saturated rings. The minimum absolute atomic E-state index is 0.0987. The van der Waals surface area contributed by atoms with Crippen LogP contribution in [0, 0.1) is 0 Å². The van der Waals surface area contributed by atoms with Crippen molar-refractivity contribution in [2.45, 2.75) is 44.6 Å². The number of nitrogens with two attached hydrogens (primary N) is 1. The Labute approximate surface area is 122 Å². The molecule has 2 N–H and O–H groups in total.